The van der Waals surface area contributed by atoms with Crippen LogP contribution in [0.1, 0.15) is 72.1 Å². The molecule has 0 spiro atoms. The largest absolute Gasteiger partial charge is 0.392 e. The maximum atomic E-state index is 12.2. The second-order valence-electron chi connectivity index (χ2n) is 10.1. The molecule has 3 N–H and O–H groups in total. The van der Waals surface area contributed by atoms with Crippen molar-refractivity contribution in [1.29, 1.82) is 0 Å². The SMILES string of the molecule is CC(=O)[C@H]1CCC2[C@@H]3CCC4C[C@H](O)[C@@H](N)C[C@]4(C)C3CC[C@@]21C. The van der Waals surface area contributed by atoms with Crippen LogP contribution >= 0.6 is 0 Å². The Balaban J connectivity index is 1.62. The van der Waals surface area contributed by atoms with Crippen molar-refractivity contribution in [2.75, 3.05) is 0 Å². The van der Waals surface area contributed by atoms with E-state index in [2.05, 4.69) is 13.8 Å². The normalized spacial score (nSPS) is 57.0. The summed E-state index contributed by atoms with van der Waals surface area (Å²) in [5.41, 5.74) is 6.84. The van der Waals surface area contributed by atoms with Crippen molar-refractivity contribution in [2.45, 2.75) is 84.3 Å². The van der Waals surface area contributed by atoms with Gasteiger partial charge >= 0.3 is 0 Å². The molecule has 0 saturated heterocycles. The first-order valence-electron chi connectivity index (χ1n) is 10.2. The Kier molecular flexibility index (Phi) is 3.93. The minimum atomic E-state index is -0.304. The lowest BCUT2D eigenvalue weighted by Gasteiger charge is -2.61. The van der Waals surface area contributed by atoms with E-state index in [0.717, 1.165) is 37.0 Å². The number of carbonyl (C=O) groups excluding carboxylic acids is 1. The van der Waals surface area contributed by atoms with E-state index in [9.17, 15) is 9.90 Å². The molecule has 136 valence electrons. The fraction of sp³-hybridized carbons (Fsp3) is 0.952. The number of nitrogens with two attached hydrogens (primary N) is 1. The molecule has 0 aliphatic heterocycles. The van der Waals surface area contributed by atoms with Gasteiger partial charge in [0.05, 0.1) is 6.10 Å². The lowest BCUT2D eigenvalue weighted by atomic mass is 9.44. The van der Waals surface area contributed by atoms with E-state index in [4.69, 9.17) is 5.73 Å². The molecule has 4 aliphatic rings. The third-order valence-electron chi connectivity index (χ3n) is 9.25. The number of rotatable bonds is 1. The van der Waals surface area contributed by atoms with E-state index in [-0.39, 0.29) is 17.6 Å². The fourth-order valence-electron chi connectivity index (χ4n) is 8.02. The predicted molar refractivity (Wildman–Crippen MR) is 95.3 cm³/mol. The standard InChI is InChI=1S/C21H35NO2/c1-12(23)15-6-7-16-14-5-4-13-10-19(24)18(22)11-21(13,3)17(14)8-9-20(15,16)2/h13-19,24H,4-11,22H2,1-3H3/t13?,14-,15+,16?,17?,18-,19-,20+,21-/m0/s1. The van der Waals surface area contributed by atoms with Gasteiger partial charge in [-0.1, -0.05) is 13.8 Å². The zero-order chi connectivity index (χ0) is 17.3. The number of carbonyl (C=O) groups is 1. The second-order valence-corrected chi connectivity index (χ2v) is 10.1. The molecule has 0 amide bonds. The summed E-state index contributed by atoms with van der Waals surface area (Å²) in [6.07, 6.45) is 8.97. The van der Waals surface area contributed by atoms with Gasteiger partial charge in [-0.3, -0.25) is 4.79 Å². The topological polar surface area (TPSA) is 63.3 Å². The van der Waals surface area contributed by atoms with Crippen molar-refractivity contribution < 1.29 is 9.90 Å². The summed E-state index contributed by atoms with van der Waals surface area (Å²) in [7, 11) is 0. The molecule has 0 radical (unpaired) electrons. The number of hydrogen-bond donors (Lipinski definition) is 2. The molecule has 0 aromatic heterocycles. The molecule has 24 heavy (non-hydrogen) atoms. The van der Waals surface area contributed by atoms with Crippen LogP contribution in [-0.4, -0.2) is 23.0 Å². The van der Waals surface area contributed by atoms with Crippen LogP contribution in [0.5, 0.6) is 0 Å². The Morgan fingerprint density at radius 2 is 1.75 bits per heavy atom. The zero-order valence-electron chi connectivity index (χ0n) is 15.6. The first kappa shape index (κ1) is 17.0. The molecule has 4 fully saturated rings. The van der Waals surface area contributed by atoms with E-state index >= 15 is 0 Å². The van der Waals surface area contributed by atoms with Gasteiger partial charge in [0.25, 0.3) is 0 Å². The molecule has 0 aromatic carbocycles. The Morgan fingerprint density at radius 3 is 2.46 bits per heavy atom. The summed E-state index contributed by atoms with van der Waals surface area (Å²) in [5, 5.41) is 10.3. The number of fused-ring (bicyclic) bond motifs is 5. The quantitative estimate of drug-likeness (QED) is 0.771. The van der Waals surface area contributed by atoms with Crippen LogP contribution in [0, 0.1) is 40.4 Å². The summed E-state index contributed by atoms with van der Waals surface area (Å²) < 4.78 is 0. The fourth-order valence-corrected chi connectivity index (χ4v) is 8.02. The van der Waals surface area contributed by atoms with Crippen molar-refractivity contribution >= 4 is 5.78 Å². The van der Waals surface area contributed by atoms with Crippen LogP contribution in [0.3, 0.4) is 0 Å². The van der Waals surface area contributed by atoms with Crippen molar-refractivity contribution in [3.8, 4) is 0 Å². The molecule has 0 aromatic rings. The van der Waals surface area contributed by atoms with E-state index in [0.29, 0.717) is 23.0 Å². The highest BCUT2D eigenvalue weighted by atomic mass is 16.3. The number of ketones is 1. The number of hydrogen-bond acceptors (Lipinski definition) is 3. The molecule has 4 aliphatic carbocycles. The van der Waals surface area contributed by atoms with Crippen molar-refractivity contribution in [1.82, 2.24) is 0 Å². The van der Waals surface area contributed by atoms with Crippen LogP contribution in [0.15, 0.2) is 0 Å². The summed E-state index contributed by atoms with van der Waals surface area (Å²) in [4.78, 5) is 12.2. The Morgan fingerprint density at radius 1 is 1.04 bits per heavy atom. The number of Topliss-reactive ketones (excluding diaryl/α,β-unsaturated/α-hetero) is 1. The monoisotopic (exact) mass is 333 g/mol. The zero-order valence-corrected chi connectivity index (χ0v) is 15.6. The smallest absolute Gasteiger partial charge is 0.133 e. The van der Waals surface area contributed by atoms with Crippen LogP contribution < -0.4 is 5.73 Å². The molecule has 4 saturated carbocycles. The van der Waals surface area contributed by atoms with E-state index in [1.54, 1.807) is 0 Å². The van der Waals surface area contributed by atoms with Crippen LogP contribution in [0.4, 0.5) is 0 Å². The molecular formula is C21H35NO2. The maximum absolute atomic E-state index is 12.2. The van der Waals surface area contributed by atoms with Crippen molar-refractivity contribution in [3.05, 3.63) is 0 Å². The third kappa shape index (κ3) is 2.19. The summed E-state index contributed by atoms with van der Waals surface area (Å²) in [6, 6.07) is -0.0492. The average molecular weight is 334 g/mol. The Bertz CT molecular complexity index is 534. The molecule has 3 nitrogen and oxygen atoms in total. The van der Waals surface area contributed by atoms with Gasteiger partial charge in [0.15, 0.2) is 0 Å². The average Bonchev–Trinajstić information content (AvgIpc) is 2.86. The molecule has 9 atom stereocenters. The number of aliphatic hydroxyl groups is 1. The first-order valence-corrected chi connectivity index (χ1v) is 10.2. The van der Waals surface area contributed by atoms with Gasteiger partial charge in [-0.2, -0.15) is 0 Å². The summed E-state index contributed by atoms with van der Waals surface area (Å²) >= 11 is 0. The van der Waals surface area contributed by atoms with Gasteiger partial charge in [0, 0.05) is 12.0 Å². The highest BCUT2D eigenvalue weighted by Gasteiger charge is 2.61. The lowest BCUT2D eigenvalue weighted by Crippen LogP contribution is -2.58. The lowest BCUT2D eigenvalue weighted by molar-refractivity contribution is -0.140. The highest BCUT2D eigenvalue weighted by Crippen LogP contribution is 2.67. The molecule has 0 bridgehead atoms. The highest BCUT2D eigenvalue weighted by molar-refractivity contribution is 5.79. The van der Waals surface area contributed by atoms with E-state index in [1.807, 2.05) is 6.92 Å². The van der Waals surface area contributed by atoms with E-state index < -0.39 is 0 Å². The van der Waals surface area contributed by atoms with Crippen LogP contribution in [0.25, 0.3) is 0 Å². The first-order chi connectivity index (χ1) is 11.3. The van der Waals surface area contributed by atoms with Crippen LogP contribution in [-0.2, 0) is 4.79 Å². The van der Waals surface area contributed by atoms with Gasteiger partial charge in [0.2, 0.25) is 0 Å². The molecular weight excluding hydrogens is 298 g/mol. The molecule has 3 heteroatoms. The van der Waals surface area contributed by atoms with Gasteiger partial charge in [0.1, 0.15) is 5.78 Å². The summed E-state index contributed by atoms with van der Waals surface area (Å²) in [6.45, 7) is 6.70. The van der Waals surface area contributed by atoms with Gasteiger partial charge in [-0.25, -0.2) is 0 Å². The maximum Gasteiger partial charge on any atom is 0.133 e. The van der Waals surface area contributed by atoms with Gasteiger partial charge < -0.3 is 10.8 Å². The Labute approximate surface area is 146 Å². The van der Waals surface area contributed by atoms with Gasteiger partial charge in [-0.15, -0.1) is 0 Å². The van der Waals surface area contributed by atoms with Gasteiger partial charge in [-0.05, 0) is 92.8 Å². The molecule has 4 rings (SSSR count). The van der Waals surface area contributed by atoms with Crippen molar-refractivity contribution in [2.24, 2.45) is 46.2 Å². The van der Waals surface area contributed by atoms with Crippen molar-refractivity contribution in [3.63, 3.8) is 0 Å². The minimum Gasteiger partial charge on any atom is -0.392 e. The third-order valence-corrected chi connectivity index (χ3v) is 9.25. The number of aliphatic hydroxyl groups excluding tert-OH is 1. The van der Waals surface area contributed by atoms with Crippen LogP contribution in [0.2, 0.25) is 0 Å². The van der Waals surface area contributed by atoms with E-state index in [1.165, 1.54) is 32.1 Å². The summed E-state index contributed by atoms with van der Waals surface area (Å²) in [5.74, 6) is 3.61. The molecule has 0 heterocycles. The second kappa shape index (κ2) is 5.54. The predicted octanol–water partition coefficient (Wildman–Crippen LogP) is 3.53. The molecule has 3 unspecified atom stereocenters. The minimum absolute atomic E-state index is 0.0492. The Hall–Kier alpha value is -0.410.